The Morgan fingerprint density at radius 2 is 1.88 bits per heavy atom. The van der Waals surface area contributed by atoms with Crippen molar-refractivity contribution in [2.75, 3.05) is 7.11 Å². The molecule has 0 N–H and O–H groups in total. The normalized spacial score (nSPS) is 11.1. The first-order chi connectivity index (χ1) is 7.36. The van der Waals surface area contributed by atoms with Gasteiger partial charge in [0.25, 0.3) is 0 Å². The number of ether oxygens (including phenoxy) is 2. The van der Waals surface area contributed by atoms with E-state index in [1.807, 2.05) is 0 Å². The summed E-state index contributed by atoms with van der Waals surface area (Å²) in [5, 5.41) is 0. The maximum absolute atomic E-state index is 11.9. The Labute approximate surface area is 94.6 Å². The second kappa shape index (κ2) is 4.65. The Balaban J connectivity index is 2.94. The van der Waals surface area contributed by atoms with Crippen LogP contribution in [0, 0.1) is 0 Å². The van der Waals surface area contributed by atoms with Crippen LogP contribution in [-0.2, 0) is 4.79 Å². The van der Waals surface area contributed by atoms with Gasteiger partial charge in [-0.25, -0.2) is 4.79 Å². The molecule has 0 amide bonds. The maximum Gasteiger partial charge on any atom is 0.491 e. The summed E-state index contributed by atoms with van der Waals surface area (Å²) in [6.07, 6.45) is -5.04. The molecule has 0 unspecified atom stereocenters. The molecular weight excluding hydrogens is 245 g/mol. The van der Waals surface area contributed by atoms with Crippen LogP contribution in [0.15, 0.2) is 23.1 Å². The average molecular weight is 252 g/mol. The van der Waals surface area contributed by atoms with Crippen LogP contribution in [0.25, 0.3) is 0 Å². The van der Waals surface area contributed by atoms with Crippen LogP contribution < -0.4 is 9.47 Å². The fourth-order valence-electron chi connectivity index (χ4n) is 0.907. The molecule has 0 aromatic heterocycles. The highest BCUT2D eigenvalue weighted by Crippen LogP contribution is 2.33. The highest BCUT2D eigenvalue weighted by atomic mass is 32.1. The molecule has 0 aliphatic heterocycles. The predicted octanol–water partition coefficient (Wildman–Crippen LogP) is 2.45. The maximum atomic E-state index is 11.9. The summed E-state index contributed by atoms with van der Waals surface area (Å²) in [4.78, 5) is 10.6. The zero-order valence-electron chi connectivity index (χ0n) is 8.04. The Bertz CT molecular complexity index is 403. The highest BCUT2D eigenvalue weighted by molar-refractivity contribution is 7.80. The van der Waals surface area contributed by atoms with Gasteiger partial charge < -0.3 is 9.47 Å². The van der Waals surface area contributed by atoms with Gasteiger partial charge in [0.2, 0.25) is 0 Å². The summed E-state index contributed by atoms with van der Waals surface area (Å²) in [6, 6.07) is 4.05. The molecule has 0 aliphatic rings. The lowest BCUT2D eigenvalue weighted by molar-refractivity contribution is -0.189. The quantitative estimate of drug-likeness (QED) is 0.499. The van der Waals surface area contributed by atoms with Gasteiger partial charge in [0.05, 0.1) is 12.0 Å². The molecule has 0 saturated heterocycles. The van der Waals surface area contributed by atoms with Gasteiger partial charge in [-0.1, -0.05) is 6.07 Å². The molecule has 16 heavy (non-hydrogen) atoms. The summed E-state index contributed by atoms with van der Waals surface area (Å²) >= 11 is 3.89. The first-order valence-electron chi connectivity index (χ1n) is 4.01. The van der Waals surface area contributed by atoms with Gasteiger partial charge in [-0.3, -0.25) is 0 Å². The van der Waals surface area contributed by atoms with E-state index in [9.17, 15) is 18.0 Å². The third-order valence-corrected chi connectivity index (χ3v) is 2.06. The molecule has 3 nitrogen and oxygen atoms in total. The van der Waals surface area contributed by atoms with E-state index in [0.717, 1.165) is 0 Å². The second-order valence-electron chi connectivity index (χ2n) is 2.69. The smallest absolute Gasteiger partial charge is 0.491 e. The van der Waals surface area contributed by atoms with Crippen molar-refractivity contribution >= 4 is 18.6 Å². The van der Waals surface area contributed by atoms with E-state index in [1.54, 1.807) is 0 Å². The third kappa shape index (κ3) is 2.82. The number of carbonyl (C=O) groups is 1. The molecule has 1 aromatic carbocycles. The van der Waals surface area contributed by atoms with E-state index in [-0.39, 0.29) is 16.4 Å². The van der Waals surface area contributed by atoms with Crippen LogP contribution in [0.3, 0.4) is 0 Å². The summed E-state index contributed by atoms with van der Waals surface area (Å²) < 4.78 is 44.7. The van der Waals surface area contributed by atoms with Gasteiger partial charge in [0.15, 0.2) is 0 Å². The summed E-state index contributed by atoms with van der Waals surface area (Å²) in [5.41, 5.74) is 0. The Morgan fingerprint density at radius 1 is 1.31 bits per heavy atom. The minimum atomic E-state index is -5.04. The molecular formula is C9H7F3O3S. The van der Waals surface area contributed by atoms with Gasteiger partial charge in [-0.15, -0.1) is 12.6 Å². The summed E-state index contributed by atoms with van der Waals surface area (Å²) in [5.74, 6) is -2.38. The standard InChI is InChI=1S/C9H7F3O3S/c1-14-5-3-2-4-6(7(5)16)15-8(13)9(10,11)12/h2-4,16H,1H3. The number of halogens is 3. The molecule has 0 heterocycles. The lowest BCUT2D eigenvalue weighted by atomic mass is 10.3. The molecule has 0 atom stereocenters. The number of hydrogen-bond donors (Lipinski definition) is 1. The summed E-state index contributed by atoms with van der Waals surface area (Å²) in [7, 11) is 1.32. The number of thiol groups is 1. The SMILES string of the molecule is COc1cccc(OC(=O)C(F)(F)F)c1S. The van der Waals surface area contributed by atoms with Crippen molar-refractivity contribution in [1.29, 1.82) is 0 Å². The topological polar surface area (TPSA) is 35.5 Å². The number of alkyl halides is 3. The molecule has 1 aromatic rings. The van der Waals surface area contributed by atoms with E-state index in [2.05, 4.69) is 17.4 Å². The van der Waals surface area contributed by atoms with Crippen molar-refractivity contribution in [1.82, 2.24) is 0 Å². The number of carbonyl (C=O) groups excluding carboxylic acids is 1. The van der Waals surface area contributed by atoms with Crippen molar-refractivity contribution < 1.29 is 27.4 Å². The molecule has 0 saturated carbocycles. The molecule has 1 rings (SSSR count). The van der Waals surface area contributed by atoms with Crippen molar-refractivity contribution in [2.45, 2.75) is 11.1 Å². The third-order valence-electron chi connectivity index (χ3n) is 1.62. The van der Waals surface area contributed by atoms with Gasteiger partial charge in [0, 0.05) is 0 Å². The minimum absolute atomic E-state index is 0.0302. The Hall–Kier alpha value is -1.37. The fraction of sp³-hybridized carbons (Fsp3) is 0.222. The van der Waals surface area contributed by atoms with Gasteiger partial charge in [-0.2, -0.15) is 13.2 Å². The lowest BCUT2D eigenvalue weighted by Gasteiger charge is -2.10. The van der Waals surface area contributed by atoms with Crippen LogP contribution in [0.4, 0.5) is 13.2 Å². The number of benzene rings is 1. The van der Waals surface area contributed by atoms with Gasteiger partial charge in [-0.05, 0) is 12.1 Å². The van der Waals surface area contributed by atoms with E-state index in [0.29, 0.717) is 0 Å². The van der Waals surface area contributed by atoms with Crippen molar-refractivity contribution in [3.8, 4) is 11.5 Å². The molecule has 0 radical (unpaired) electrons. The fourth-order valence-corrected chi connectivity index (χ4v) is 1.19. The van der Waals surface area contributed by atoms with Crippen LogP contribution in [-0.4, -0.2) is 19.3 Å². The van der Waals surface area contributed by atoms with E-state index in [4.69, 9.17) is 4.74 Å². The molecule has 0 fully saturated rings. The largest absolute Gasteiger partial charge is 0.495 e. The van der Waals surface area contributed by atoms with Crippen molar-refractivity contribution in [3.05, 3.63) is 18.2 Å². The first kappa shape index (κ1) is 12.7. The van der Waals surface area contributed by atoms with E-state index in [1.165, 1.54) is 25.3 Å². The minimum Gasteiger partial charge on any atom is -0.495 e. The summed E-state index contributed by atoms with van der Waals surface area (Å²) in [6.45, 7) is 0. The van der Waals surface area contributed by atoms with E-state index < -0.39 is 12.1 Å². The van der Waals surface area contributed by atoms with Gasteiger partial charge >= 0.3 is 12.1 Å². The van der Waals surface area contributed by atoms with Crippen LogP contribution >= 0.6 is 12.6 Å². The van der Waals surface area contributed by atoms with Crippen molar-refractivity contribution in [3.63, 3.8) is 0 Å². The Kier molecular flexibility index (Phi) is 3.69. The van der Waals surface area contributed by atoms with Crippen LogP contribution in [0.1, 0.15) is 0 Å². The van der Waals surface area contributed by atoms with Crippen molar-refractivity contribution in [2.24, 2.45) is 0 Å². The average Bonchev–Trinajstić information content (AvgIpc) is 2.19. The number of methoxy groups -OCH3 is 1. The first-order valence-corrected chi connectivity index (χ1v) is 4.46. The monoisotopic (exact) mass is 252 g/mol. The number of esters is 1. The van der Waals surface area contributed by atoms with E-state index >= 15 is 0 Å². The molecule has 88 valence electrons. The van der Waals surface area contributed by atoms with Gasteiger partial charge in [0.1, 0.15) is 11.5 Å². The Morgan fingerprint density at radius 3 is 2.38 bits per heavy atom. The molecule has 0 aliphatic carbocycles. The van der Waals surface area contributed by atoms with Crippen LogP contribution in [0.5, 0.6) is 11.5 Å². The number of hydrogen-bond acceptors (Lipinski definition) is 4. The predicted molar refractivity (Wildman–Crippen MR) is 51.9 cm³/mol. The molecule has 7 heteroatoms. The second-order valence-corrected chi connectivity index (χ2v) is 3.14. The number of rotatable bonds is 2. The van der Waals surface area contributed by atoms with Crippen LogP contribution in [0.2, 0.25) is 0 Å². The zero-order chi connectivity index (χ0) is 12.3. The molecule has 0 bridgehead atoms. The lowest BCUT2D eigenvalue weighted by Crippen LogP contribution is -2.28. The zero-order valence-corrected chi connectivity index (χ0v) is 8.93. The highest BCUT2D eigenvalue weighted by Gasteiger charge is 2.41. The molecule has 0 spiro atoms.